The fourth-order valence-corrected chi connectivity index (χ4v) is 3.43. The molecule has 0 atom stereocenters. The molecule has 1 aromatic rings. The highest BCUT2D eigenvalue weighted by molar-refractivity contribution is 6.21. The van der Waals surface area contributed by atoms with E-state index in [-0.39, 0.29) is 30.5 Å². The molecule has 1 aliphatic rings. The SMILES string of the molecule is COC(=O)C(CCCNC(=O)OC(C)(C)C)(CN1C(=O)c2ccccc2C1=O)C(=O)OC. The molecule has 0 bridgehead atoms. The van der Waals surface area contributed by atoms with Gasteiger partial charge >= 0.3 is 18.0 Å². The molecule has 1 N–H and O–H groups in total. The number of esters is 2. The number of fused-ring (bicyclic) bond motifs is 1. The summed E-state index contributed by atoms with van der Waals surface area (Å²) in [5, 5.41) is 2.54. The van der Waals surface area contributed by atoms with Gasteiger partial charge in [0.25, 0.3) is 11.8 Å². The number of hydrogen-bond donors (Lipinski definition) is 1. The summed E-state index contributed by atoms with van der Waals surface area (Å²) >= 11 is 0. The maximum Gasteiger partial charge on any atom is 0.407 e. The average Bonchev–Trinajstić information content (AvgIpc) is 2.98. The second kappa shape index (κ2) is 9.80. The van der Waals surface area contributed by atoms with Crippen molar-refractivity contribution in [2.24, 2.45) is 5.41 Å². The Hall–Kier alpha value is -3.43. The third-order valence-electron chi connectivity index (χ3n) is 4.91. The first-order valence-corrected chi connectivity index (χ1v) is 10.1. The number of carbonyl (C=O) groups excluding carboxylic acids is 5. The Labute approximate surface area is 186 Å². The van der Waals surface area contributed by atoms with Crippen molar-refractivity contribution in [1.82, 2.24) is 10.2 Å². The van der Waals surface area contributed by atoms with Crippen molar-refractivity contribution in [3.05, 3.63) is 35.4 Å². The van der Waals surface area contributed by atoms with E-state index in [1.54, 1.807) is 32.9 Å². The van der Waals surface area contributed by atoms with E-state index >= 15 is 0 Å². The molecule has 2 rings (SSSR count). The highest BCUT2D eigenvalue weighted by Crippen LogP contribution is 2.33. The quantitative estimate of drug-likeness (QED) is 0.210. The van der Waals surface area contributed by atoms with E-state index in [0.717, 1.165) is 19.1 Å². The lowest BCUT2D eigenvalue weighted by atomic mass is 9.82. The molecule has 32 heavy (non-hydrogen) atoms. The zero-order valence-electron chi connectivity index (χ0n) is 18.9. The fourth-order valence-electron chi connectivity index (χ4n) is 3.43. The second-order valence-corrected chi connectivity index (χ2v) is 8.34. The van der Waals surface area contributed by atoms with Gasteiger partial charge in [0.1, 0.15) is 5.60 Å². The number of alkyl carbamates (subject to hydrolysis) is 1. The summed E-state index contributed by atoms with van der Waals surface area (Å²) in [6.45, 7) is 4.68. The normalized spacial score (nSPS) is 13.5. The Balaban J connectivity index is 2.22. The topological polar surface area (TPSA) is 128 Å². The number of carbonyl (C=O) groups is 5. The molecule has 10 nitrogen and oxygen atoms in total. The first-order chi connectivity index (χ1) is 15.0. The van der Waals surface area contributed by atoms with Crippen LogP contribution in [-0.4, -0.2) is 67.7 Å². The number of benzene rings is 1. The highest BCUT2D eigenvalue weighted by atomic mass is 16.6. The highest BCUT2D eigenvalue weighted by Gasteiger charge is 2.52. The third kappa shape index (κ3) is 5.24. The Bertz CT molecular complexity index is 868. The molecule has 0 saturated carbocycles. The summed E-state index contributed by atoms with van der Waals surface area (Å²) in [6.07, 6.45) is -0.651. The van der Waals surface area contributed by atoms with Gasteiger partial charge < -0.3 is 19.5 Å². The molecule has 174 valence electrons. The van der Waals surface area contributed by atoms with Crippen LogP contribution in [0.15, 0.2) is 24.3 Å². The number of nitrogens with one attached hydrogen (secondary N) is 1. The van der Waals surface area contributed by atoms with Crippen molar-refractivity contribution in [1.29, 1.82) is 0 Å². The van der Waals surface area contributed by atoms with Crippen LogP contribution in [0.25, 0.3) is 0 Å². The summed E-state index contributed by atoms with van der Waals surface area (Å²) in [7, 11) is 2.20. The van der Waals surface area contributed by atoms with Gasteiger partial charge in [0.15, 0.2) is 5.41 Å². The Kier molecular flexibility index (Phi) is 7.60. The van der Waals surface area contributed by atoms with E-state index in [0.29, 0.717) is 0 Å². The number of amides is 3. The summed E-state index contributed by atoms with van der Waals surface area (Å²) < 4.78 is 14.8. The molecule has 0 unspecified atom stereocenters. The van der Waals surface area contributed by atoms with Gasteiger partial charge in [-0.05, 0) is 45.7 Å². The summed E-state index contributed by atoms with van der Waals surface area (Å²) in [6, 6.07) is 6.23. The van der Waals surface area contributed by atoms with Crippen LogP contribution in [0.5, 0.6) is 0 Å². The van der Waals surface area contributed by atoms with Crippen LogP contribution in [0.1, 0.15) is 54.3 Å². The van der Waals surface area contributed by atoms with E-state index in [4.69, 9.17) is 14.2 Å². The van der Waals surface area contributed by atoms with Crippen molar-refractivity contribution >= 4 is 29.8 Å². The van der Waals surface area contributed by atoms with Crippen LogP contribution in [-0.2, 0) is 23.8 Å². The van der Waals surface area contributed by atoms with E-state index in [9.17, 15) is 24.0 Å². The second-order valence-electron chi connectivity index (χ2n) is 8.34. The Morgan fingerprint density at radius 1 is 0.938 bits per heavy atom. The monoisotopic (exact) mass is 448 g/mol. The number of methoxy groups -OCH3 is 2. The van der Waals surface area contributed by atoms with Crippen LogP contribution in [0, 0.1) is 5.41 Å². The van der Waals surface area contributed by atoms with Gasteiger partial charge in [-0.25, -0.2) is 4.79 Å². The standard InChI is InChI=1S/C22H28N2O8/c1-21(2,3)32-20(29)23-12-8-11-22(18(27)30-4,19(28)31-5)13-24-16(25)14-9-6-7-10-15(14)17(24)26/h6-7,9-10H,8,11-13H2,1-5H3,(H,23,29). The minimum Gasteiger partial charge on any atom is -0.468 e. The molecule has 10 heteroatoms. The molecule has 3 amide bonds. The third-order valence-corrected chi connectivity index (χ3v) is 4.91. The van der Waals surface area contributed by atoms with Crippen molar-refractivity contribution in [3.63, 3.8) is 0 Å². The maximum atomic E-state index is 12.8. The summed E-state index contributed by atoms with van der Waals surface area (Å²) in [5.41, 5.74) is -2.26. The minimum absolute atomic E-state index is 0.0762. The van der Waals surface area contributed by atoms with Gasteiger partial charge in [-0.3, -0.25) is 24.1 Å². The first kappa shape index (κ1) is 24.8. The van der Waals surface area contributed by atoms with Crippen LogP contribution < -0.4 is 5.32 Å². The molecule has 0 saturated heterocycles. The number of ether oxygens (including phenoxy) is 3. The van der Waals surface area contributed by atoms with Crippen LogP contribution in [0.2, 0.25) is 0 Å². The van der Waals surface area contributed by atoms with Gasteiger partial charge in [-0.15, -0.1) is 0 Å². The van der Waals surface area contributed by atoms with Crippen LogP contribution in [0.3, 0.4) is 0 Å². The number of nitrogens with zero attached hydrogens (tertiary/aromatic N) is 1. The molecule has 0 aliphatic carbocycles. The molecule has 0 fully saturated rings. The molecule has 1 heterocycles. The molecular weight excluding hydrogens is 420 g/mol. The van der Waals surface area contributed by atoms with Gasteiger partial charge in [0.2, 0.25) is 0 Å². The lowest BCUT2D eigenvalue weighted by Gasteiger charge is -2.31. The van der Waals surface area contributed by atoms with Crippen LogP contribution >= 0.6 is 0 Å². The Morgan fingerprint density at radius 2 is 1.44 bits per heavy atom. The lowest BCUT2D eigenvalue weighted by molar-refractivity contribution is -0.170. The molecule has 0 radical (unpaired) electrons. The van der Waals surface area contributed by atoms with E-state index in [2.05, 4.69) is 5.32 Å². The lowest BCUT2D eigenvalue weighted by Crippen LogP contribution is -2.51. The number of imide groups is 1. The summed E-state index contributed by atoms with van der Waals surface area (Å²) in [4.78, 5) is 63.7. The largest absolute Gasteiger partial charge is 0.468 e. The smallest absolute Gasteiger partial charge is 0.407 e. The minimum atomic E-state index is -1.95. The predicted octanol–water partition coefficient (Wildman–Crippen LogP) is 1.92. The van der Waals surface area contributed by atoms with Gasteiger partial charge in [-0.2, -0.15) is 0 Å². The molecule has 0 spiro atoms. The Morgan fingerprint density at radius 3 is 1.88 bits per heavy atom. The van der Waals surface area contributed by atoms with Crippen molar-refractivity contribution in [2.45, 2.75) is 39.2 Å². The number of rotatable bonds is 8. The zero-order chi connectivity index (χ0) is 24.1. The fraction of sp³-hybridized carbons (Fsp3) is 0.500. The van der Waals surface area contributed by atoms with Crippen LogP contribution in [0.4, 0.5) is 4.79 Å². The van der Waals surface area contributed by atoms with Crippen molar-refractivity contribution in [2.75, 3.05) is 27.3 Å². The van der Waals surface area contributed by atoms with Crippen molar-refractivity contribution < 1.29 is 38.2 Å². The average molecular weight is 448 g/mol. The molecule has 0 aromatic heterocycles. The maximum absolute atomic E-state index is 12.8. The van der Waals surface area contributed by atoms with Crippen molar-refractivity contribution in [3.8, 4) is 0 Å². The predicted molar refractivity (Wildman–Crippen MR) is 112 cm³/mol. The zero-order valence-corrected chi connectivity index (χ0v) is 18.9. The van der Waals surface area contributed by atoms with E-state index < -0.39 is 47.4 Å². The van der Waals surface area contributed by atoms with Gasteiger partial charge in [0, 0.05) is 6.54 Å². The first-order valence-electron chi connectivity index (χ1n) is 10.1. The molecule has 1 aliphatic heterocycles. The summed E-state index contributed by atoms with van der Waals surface area (Å²) in [5.74, 6) is -3.12. The van der Waals surface area contributed by atoms with E-state index in [1.165, 1.54) is 12.1 Å². The molecular formula is C22H28N2O8. The van der Waals surface area contributed by atoms with Gasteiger partial charge in [0.05, 0.1) is 31.9 Å². The number of hydrogen-bond acceptors (Lipinski definition) is 8. The van der Waals surface area contributed by atoms with Gasteiger partial charge in [-0.1, -0.05) is 12.1 Å². The molecule has 1 aromatic carbocycles. The van der Waals surface area contributed by atoms with E-state index in [1.807, 2.05) is 0 Å².